The third-order valence-corrected chi connectivity index (χ3v) is 2.39. The normalized spacial score (nSPS) is 16.8. The summed E-state index contributed by atoms with van der Waals surface area (Å²) >= 11 is 0. The molecular formula is C12H21NO. The second kappa shape index (κ2) is 7.60. The number of nitrogens with zero attached hydrogens (tertiary/aromatic N) is 1. The summed E-state index contributed by atoms with van der Waals surface area (Å²) in [5.41, 5.74) is 1.20. The van der Waals surface area contributed by atoms with Crippen molar-refractivity contribution in [2.75, 3.05) is 6.61 Å². The molecule has 0 bridgehead atoms. The largest absolute Gasteiger partial charge is 0.396 e. The van der Waals surface area contributed by atoms with Gasteiger partial charge in [0, 0.05) is 6.42 Å². The first-order valence-electron chi connectivity index (χ1n) is 5.76. The Hall–Kier alpha value is -0.790. The Labute approximate surface area is 87.0 Å². The minimum absolute atomic E-state index is 0.795. The highest BCUT2D eigenvalue weighted by Crippen LogP contribution is 2.07. The van der Waals surface area contributed by atoms with Crippen LogP contribution in [-0.4, -0.2) is 12.3 Å². The van der Waals surface area contributed by atoms with Crippen molar-refractivity contribution in [2.45, 2.75) is 51.9 Å². The molecule has 80 valence electrons. The number of rotatable bonds is 6. The topological polar surface area (TPSA) is 21.6 Å². The Morgan fingerprint density at radius 2 is 2.29 bits per heavy atom. The molecule has 0 aromatic carbocycles. The summed E-state index contributed by atoms with van der Waals surface area (Å²) in [6, 6.07) is 0. The van der Waals surface area contributed by atoms with Crippen molar-refractivity contribution in [3.8, 4) is 0 Å². The summed E-state index contributed by atoms with van der Waals surface area (Å²) < 4.78 is 0. The van der Waals surface area contributed by atoms with Gasteiger partial charge >= 0.3 is 0 Å². The molecule has 0 saturated carbocycles. The molecular weight excluding hydrogens is 174 g/mol. The van der Waals surface area contributed by atoms with E-state index >= 15 is 0 Å². The van der Waals surface area contributed by atoms with E-state index in [2.05, 4.69) is 24.2 Å². The minimum Gasteiger partial charge on any atom is -0.396 e. The highest BCUT2D eigenvalue weighted by Gasteiger charge is 2.03. The van der Waals surface area contributed by atoms with Gasteiger partial charge in [0.2, 0.25) is 0 Å². The van der Waals surface area contributed by atoms with Crippen molar-refractivity contribution >= 4 is 5.71 Å². The van der Waals surface area contributed by atoms with Crippen molar-refractivity contribution < 1.29 is 4.84 Å². The van der Waals surface area contributed by atoms with Crippen LogP contribution in [-0.2, 0) is 4.84 Å². The molecule has 1 heterocycles. The molecule has 0 spiro atoms. The van der Waals surface area contributed by atoms with Crippen LogP contribution in [0.2, 0.25) is 0 Å². The van der Waals surface area contributed by atoms with Gasteiger partial charge in [-0.15, -0.1) is 0 Å². The van der Waals surface area contributed by atoms with Gasteiger partial charge in [-0.1, -0.05) is 37.1 Å². The molecule has 0 saturated heterocycles. The van der Waals surface area contributed by atoms with E-state index in [4.69, 9.17) is 4.84 Å². The molecule has 1 aliphatic rings. The molecule has 0 amide bonds. The van der Waals surface area contributed by atoms with Crippen LogP contribution in [0.3, 0.4) is 0 Å². The Morgan fingerprint density at radius 1 is 1.36 bits per heavy atom. The van der Waals surface area contributed by atoms with Crippen LogP contribution in [0.1, 0.15) is 51.9 Å². The Kier molecular flexibility index (Phi) is 6.13. The van der Waals surface area contributed by atoms with Crippen LogP contribution in [0.25, 0.3) is 0 Å². The minimum atomic E-state index is 0.795. The first-order valence-corrected chi connectivity index (χ1v) is 5.76. The van der Waals surface area contributed by atoms with E-state index in [0.29, 0.717) is 0 Å². The van der Waals surface area contributed by atoms with E-state index in [1.54, 1.807) is 0 Å². The highest BCUT2D eigenvalue weighted by molar-refractivity contribution is 5.85. The lowest BCUT2D eigenvalue weighted by atomic mass is 10.1. The fraction of sp³-hybridized carbons (Fsp3) is 0.750. The lowest BCUT2D eigenvalue weighted by Crippen LogP contribution is -2.06. The third-order valence-electron chi connectivity index (χ3n) is 2.39. The quantitative estimate of drug-likeness (QED) is 0.468. The molecule has 0 aliphatic carbocycles. The maximum atomic E-state index is 5.03. The molecule has 0 fully saturated rings. The summed E-state index contributed by atoms with van der Waals surface area (Å²) in [5, 5.41) is 4.03. The number of hydrogen-bond donors (Lipinski definition) is 0. The van der Waals surface area contributed by atoms with Crippen molar-refractivity contribution in [3.05, 3.63) is 12.2 Å². The summed E-state index contributed by atoms with van der Waals surface area (Å²) in [4.78, 5) is 5.03. The Bertz CT molecular complexity index is 196. The van der Waals surface area contributed by atoms with Crippen LogP contribution < -0.4 is 0 Å². The molecule has 0 unspecified atom stereocenters. The number of oxime groups is 1. The van der Waals surface area contributed by atoms with E-state index in [9.17, 15) is 0 Å². The first-order chi connectivity index (χ1) is 6.93. The van der Waals surface area contributed by atoms with Crippen LogP contribution in [0.5, 0.6) is 0 Å². The summed E-state index contributed by atoms with van der Waals surface area (Å²) in [7, 11) is 0. The summed E-state index contributed by atoms with van der Waals surface area (Å²) in [5.74, 6) is 0. The van der Waals surface area contributed by atoms with Crippen molar-refractivity contribution in [1.82, 2.24) is 0 Å². The van der Waals surface area contributed by atoms with Gasteiger partial charge in [0.1, 0.15) is 6.61 Å². The van der Waals surface area contributed by atoms with Gasteiger partial charge in [-0.25, -0.2) is 0 Å². The predicted octanol–water partition coefficient (Wildman–Crippen LogP) is 3.68. The Morgan fingerprint density at radius 3 is 3.00 bits per heavy atom. The predicted molar refractivity (Wildman–Crippen MR) is 60.5 cm³/mol. The van der Waals surface area contributed by atoms with Gasteiger partial charge in [0.15, 0.2) is 0 Å². The first kappa shape index (κ1) is 11.3. The maximum absolute atomic E-state index is 5.03. The van der Waals surface area contributed by atoms with E-state index < -0.39 is 0 Å². The molecule has 0 aromatic rings. The molecule has 2 heteroatoms. The zero-order chi connectivity index (χ0) is 10.1. The fourth-order valence-corrected chi connectivity index (χ4v) is 1.51. The van der Waals surface area contributed by atoms with Gasteiger partial charge in [0.25, 0.3) is 0 Å². The van der Waals surface area contributed by atoms with Crippen LogP contribution in [0.15, 0.2) is 17.3 Å². The maximum Gasteiger partial charge on any atom is 0.117 e. The van der Waals surface area contributed by atoms with Crippen molar-refractivity contribution in [1.29, 1.82) is 0 Å². The van der Waals surface area contributed by atoms with Gasteiger partial charge in [-0.3, -0.25) is 0 Å². The molecule has 1 rings (SSSR count). The van der Waals surface area contributed by atoms with Crippen LogP contribution in [0, 0.1) is 0 Å². The summed E-state index contributed by atoms with van der Waals surface area (Å²) in [6.07, 6.45) is 12.9. The van der Waals surface area contributed by atoms with Crippen molar-refractivity contribution in [3.63, 3.8) is 0 Å². The lowest BCUT2D eigenvalue weighted by molar-refractivity contribution is 0.130. The zero-order valence-corrected chi connectivity index (χ0v) is 9.17. The highest BCUT2D eigenvalue weighted by atomic mass is 16.6. The smallest absolute Gasteiger partial charge is 0.117 e. The second-order valence-corrected chi connectivity index (χ2v) is 3.77. The van der Waals surface area contributed by atoms with Crippen molar-refractivity contribution in [2.24, 2.45) is 5.16 Å². The number of hydrogen-bond acceptors (Lipinski definition) is 2. The number of allylic oxidation sites excluding steroid dienone is 2. The molecule has 0 N–H and O–H groups in total. The lowest BCUT2D eigenvalue weighted by Gasteiger charge is -2.09. The van der Waals surface area contributed by atoms with E-state index in [1.807, 2.05) is 0 Å². The fourth-order valence-electron chi connectivity index (χ4n) is 1.51. The molecule has 0 atom stereocenters. The molecule has 2 nitrogen and oxygen atoms in total. The van der Waals surface area contributed by atoms with Gasteiger partial charge in [-0.2, -0.15) is 0 Å². The molecule has 14 heavy (non-hydrogen) atoms. The average molecular weight is 195 g/mol. The summed E-state index contributed by atoms with van der Waals surface area (Å²) in [6.45, 7) is 3.03. The SMILES string of the molecule is CCCCC/C=C/CC1=NOCCC1. The van der Waals surface area contributed by atoms with E-state index in [1.165, 1.54) is 31.4 Å². The van der Waals surface area contributed by atoms with Crippen LogP contribution >= 0.6 is 0 Å². The Balaban J connectivity index is 2.04. The molecule has 1 aliphatic heterocycles. The van der Waals surface area contributed by atoms with Gasteiger partial charge in [-0.05, 0) is 25.7 Å². The van der Waals surface area contributed by atoms with Crippen LogP contribution in [0.4, 0.5) is 0 Å². The second-order valence-electron chi connectivity index (χ2n) is 3.77. The average Bonchev–Trinajstić information content (AvgIpc) is 2.25. The number of unbranched alkanes of at least 4 members (excludes halogenated alkanes) is 3. The van der Waals surface area contributed by atoms with E-state index in [-0.39, 0.29) is 0 Å². The van der Waals surface area contributed by atoms with E-state index in [0.717, 1.165) is 25.9 Å². The molecule has 0 radical (unpaired) electrons. The molecule has 0 aromatic heterocycles. The zero-order valence-electron chi connectivity index (χ0n) is 9.17. The standard InChI is InChI=1S/C12H21NO/c1-2-3-4-5-6-7-9-12-10-8-11-14-13-12/h6-7H,2-5,8-11H2,1H3/b7-6+. The third kappa shape index (κ3) is 5.05. The van der Waals surface area contributed by atoms with Gasteiger partial charge < -0.3 is 4.84 Å². The monoisotopic (exact) mass is 195 g/mol. The van der Waals surface area contributed by atoms with Gasteiger partial charge in [0.05, 0.1) is 5.71 Å².